The van der Waals surface area contributed by atoms with Crippen LogP contribution in [0.1, 0.15) is 48.3 Å². The van der Waals surface area contributed by atoms with Crippen LogP contribution in [0.4, 0.5) is 5.69 Å². The van der Waals surface area contributed by atoms with Crippen LogP contribution >= 0.6 is 0 Å². The number of esters is 1. The van der Waals surface area contributed by atoms with Crippen LogP contribution in [0, 0.1) is 5.92 Å². The number of benzene rings is 2. The van der Waals surface area contributed by atoms with Gasteiger partial charge in [-0.25, -0.2) is 4.79 Å². The molecular formula is C24H25NO5. The molecule has 30 heavy (non-hydrogen) atoms. The predicted molar refractivity (Wildman–Crippen MR) is 113 cm³/mol. The second-order valence-electron chi connectivity index (χ2n) is 7.49. The zero-order valence-electron chi connectivity index (χ0n) is 17.5. The number of rotatable bonds is 6. The van der Waals surface area contributed by atoms with Gasteiger partial charge >= 0.3 is 5.97 Å². The molecule has 1 atom stereocenters. The average Bonchev–Trinajstić information content (AvgIpc) is 3.03. The van der Waals surface area contributed by atoms with E-state index in [1.807, 2.05) is 31.2 Å². The molecule has 2 aromatic carbocycles. The normalized spacial score (nSPS) is 16.4. The van der Waals surface area contributed by atoms with Crippen LogP contribution in [0.2, 0.25) is 0 Å². The van der Waals surface area contributed by atoms with E-state index >= 15 is 0 Å². The van der Waals surface area contributed by atoms with Crippen LogP contribution in [-0.2, 0) is 20.7 Å². The smallest absolute Gasteiger partial charge is 0.337 e. The lowest BCUT2D eigenvalue weighted by Gasteiger charge is -2.27. The number of methoxy groups -OCH3 is 1. The standard InChI is InChI=1S/C24H25NO5/c1-5-15-6-8-16(9-7-15)20-19(21(26)14(2)3)22(27)23(28)25(20)18-12-10-17(11-13-18)24(29)30-4/h6-14,20,27H,5H2,1-4H3. The van der Waals surface area contributed by atoms with Crippen molar-refractivity contribution in [2.24, 2.45) is 5.92 Å². The number of aliphatic hydroxyl groups is 1. The Bertz CT molecular complexity index is 1000. The average molecular weight is 407 g/mol. The van der Waals surface area contributed by atoms with E-state index in [1.165, 1.54) is 12.0 Å². The van der Waals surface area contributed by atoms with Gasteiger partial charge in [0.2, 0.25) is 0 Å². The molecule has 0 radical (unpaired) electrons. The zero-order chi connectivity index (χ0) is 22.0. The van der Waals surface area contributed by atoms with Crippen molar-refractivity contribution < 1.29 is 24.2 Å². The molecule has 0 fully saturated rings. The number of hydrogen-bond donors (Lipinski definition) is 1. The molecular weight excluding hydrogens is 382 g/mol. The number of anilines is 1. The molecule has 0 saturated heterocycles. The molecule has 6 nitrogen and oxygen atoms in total. The summed E-state index contributed by atoms with van der Waals surface area (Å²) in [5.74, 6) is -2.32. The second-order valence-corrected chi connectivity index (χ2v) is 7.49. The Balaban J connectivity index is 2.11. The summed E-state index contributed by atoms with van der Waals surface area (Å²) in [5.41, 5.74) is 2.76. The minimum atomic E-state index is -0.748. The maximum Gasteiger partial charge on any atom is 0.337 e. The van der Waals surface area contributed by atoms with Crippen molar-refractivity contribution in [1.29, 1.82) is 0 Å². The summed E-state index contributed by atoms with van der Waals surface area (Å²) in [4.78, 5) is 39.0. The molecule has 1 heterocycles. The molecule has 2 aromatic rings. The van der Waals surface area contributed by atoms with Crippen LogP contribution < -0.4 is 4.90 Å². The van der Waals surface area contributed by atoms with E-state index < -0.39 is 23.7 Å². The Morgan fingerprint density at radius 2 is 1.67 bits per heavy atom. The molecule has 156 valence electrons. The van der Waals surface area contributed by atoms with E-state index in [0.717, 1.165) is 17.5 Å². The largest absolute Gasteiger partial charge is 0.503 e. The maximum atomic E-state index is 13.0. The first-order valence-electron chi connectivity index (χ1n) is 9.88. The van der Waals surface area contributed by atoms with Gasteiger partial charge in [0.1, 0.15) is 0 Å². The lowest BCUT2D eigenvalue weighted by atomic mass is 9.90. The summed E-state index contributed by atoms with van der Waals surface area (Å²) in [6.45, 7) is 5.51. The molecule has 1 aliphatic heterocycles. The first-order chi connectivity index (χ1) is 14.3. The number of ketones is 1. The van der Waals surface area contributed by atoms with Crippen LogP contribution in [0.3, 0.4) is 0 Å². The minimum Gasteiger partial charge on any atom is -0.503 e. The molecule has 0 aromatic heterocycles. The van der Waals surface area contributed by atoms with Gasteiger partial charge in [-0.15, -0.1) is 0 Å². The van der Waals surface area contributed by atoms with Crippen molar-refractivity contribution in [3.8, 4) is 0 Å². The van der Waals surface area contributed by atoms with Gasteiger partial charge < -0.3 is 9.84 Å². The Kier molecular flexibility index (Phi) is 6.06. The molecule has 0 spiro atoms. The topological polar surface area (TPSA) is 83.9 Å². The first-order valence-corrected chi connectivity index (χ1v) is 9.88. The third-order valence-corrected chi connectivity index (χ3v) is 5.27. The van der Waals surface area contributed by atoms with Crippen LogP contribution in [0.5, 0.6) is 0 Å². The first kappa shape index (κ1) is 21.3. The molecule has 1 unspecified atom stereocenters. The molecule has 3 rings (SSSR count). The summed E-state index contributed by atoms with van der Waals surface area (Å²) >= 11 is 0. The third-order valence-electron chi connectivity index (χ3n) is 5.27. The van der Waals surface area contributed by atoms with Crippen molar-refractivity contribution in [2.45, 2.75) is 33.2 Å². The van der Waals surface area contributed by atoms with E-state index in [-0.39, 0.29) is 17.3 Å². The van der Waals surface area contributed by atoms with Gasteiger partial charge in [-0.3, -0.25) is 14.5 Å². The highest BCUT2D eigenvalue weighted by Crippen LogP contribution is 2.41. The second kappa shape index (κ2) is 8.53. The lowest BCUT2D eigenvalue weighted by Crippen LogP contribution is -2.31. The van der Waals surface area contributed by atoms with Crippen molar-refractivity contribution in [3.05, 3.63) is 76.6 Å². The third kappa shape index (κ3) is 3.73. The highest BCUT2D eigenvalue weighted by atomic mass is 16.5. The van der Waals surface area contributed by atoms with Crippen molar-refractivity contribution in [2.75, 3.05) is 12.0 Å². The fraction of sp³-hybridized carbons (Fsp3) is 0.292. The van der Waals surface area contributed by atoms with Gasteiger partial charge in [0.05, 0.1) is 24.3 Å². The number of aliphatic hydroxyl groups excluding tert-OH is 1. The summed E-state index contributed by atoms with van der Waals surface area (Å²) in [6.07, 6.45) is 0.863. The summed E-state index contributed by atoms with van der Waals surface area (Å²) < 4.78 is 4.71. The molecule has 0 aliphatic carbocycles. The summed E-state index contributed by atoms with van der Waals surface area (Å²) in [6, 6.07) is 13.2. The molecule has 0 saturated carbocycles. The highest BCUT2D eigenvalue weighted by Gasteiger charge is 2.44. The number of Topliss-reactive ketones (excluding diaryl/α,β-unsaturated/α-hetero) is 1. The van der Waals surface area contributed by atoms with Gasteiger partial charge in [-0.05, 0) is 41.8 Å². The fourth-order valence-corrected chi connectivity index (χ4v) is 3.56. The van der Waals surface area contributed by atoms with Gasteiger partial charge in [0.25, 0.3) is 5.91 Å². The quantitative estimate of drug-likeness (QED) is 0.727. The highest BCUT2D eigenvalue weighted by molar-refractivity contribution is 6.16. The molecule has 1 amide bonds. The van der Waals surface area contributed by atoms with Crippen LogP contribution in [0.25, 0.3) is 0 Å². The Morgan fingerprint density at radius 3 is 2.17 bits per heavy atom. The zero-order valence-corrected chi connectivity index (χ0v) is 17.5. The SMILES string of the molecule is CCc1ccc(C2C(C(=O)C(C)C)=C(O)C(=O)N2c2ccc(C(=O)OC)cc2)cc1. The Hall–Kier alpha value is -3.41. The number of nitrogens with zero attached hydrogens (tertiary/aromatic N) is 1. The van der Waals surface area contributed by atoms with Crippen molar-refractivity contribution >= 4 is 23.3 Å². The van der Waals surface area contributed by atoms with Gasteiger partial charge in [-0.1, -0.05) is 45.0 Å². The van der Waals surface area contributed by atoms with Gasteiger partial charge in [0.15, 0.2) is 11.5 Å². The van der Waals surface area contributed by atoms with E-state index in [2.05, 4.69) is 0 Å². The lowest BCUT2D eigenvalue weighted by molar-refractivity contribution is -0.119. The molecule has 1 aliphatic rings. The Labute approximate surface area is 175 Å². The predicted octanol–water partition coefficient (Wildman–Crippen LogP) is 4.16. The summed E-state index contributed by atoms with van der Waals surface area (Å²) in [5, 5.41) is 10.6. The molecule has 0 bridgehead atoms. The van der Waals surface area contributed by atoms with Crippen molar-refractivity contribution in [3.63, 3.8) is 0 Å². The molecule has 6 heteroatoms. The van der Waals surface area contributed by atoms with Gasteiger partial charge in [-0.2, -0.15) is 0 Å². The molecule has 1 N–H and O–H groups in total. The number of amides is 1. The van der Waals surface area contributed by atoms with E-state index in [4.69, 9.17) is 4.74 Å². The number of ether oxygens (including phenoxy) is 1. The van der Waals surface area contributed by atoms with E-state index in [0.29, 0.717) is 11.3 Å². The Morgan fingerprint density at radius 1 is 1.07 bits per heavy atom. The number of carbonyl (C=O) groups excluding carboxylic acids is 3. The number of aryl methyl sites for hydroxylation is 1. The monoisotopic (exact) mass is 407 g/mol. The van der Waals surface area contributed by atoms with Crippen LogP contribution in [-0.4, -0.2) is 29.9 Å². The maximum absolute atomic E-state index is 13.0. The van der Waals surface area contributed by atoms with Crippen molar-refractivity contribution in [1.82, 2.24) is 0 Å². The fourth-order valence-electron chi connectivity index (χ4n) is 3.56. The van der Waals surface area contributed by atoms with E-state index in [1.54, 1.807) is 38.1 Å². The number of hydrogen-bond acceptors (Lipinski definition) is 5. The summed E-state index contributed by atoms with van der Waals surface area (Å²) in [7, 11) is 1.29. The van der Waals surface area contributed by atoms with E-state index in [9.17, 15) is 19.5 Å². The van der Waals surface area contributed by atoms with Crippen LogP contribution in [0.15, 0.2) is 59.9 Å². The number of carbonyl (C=O) groups is 3. The van der Waals surface area contributed by atoms with Gasteiger partial charge in [0, 0.05) is 11.6 Å². The minimum absolute atomic E-state index is 0.0938.